The molecule has 0 radical (unpaired) electrons. The van der Waals surface area contributed by atoms with Gasteiger partial charge >= 0.3 is 5.97 Å². The number of carboxylic acid groups (broad SMARTS) is 1. The number of fused-ring (bicyclic) bond motifs is 1. The number of carbonyl (C=O) groups is 1. The van der Waals surface area contributed by atoms with E-state index in [4.69, 9.17) is 9.52 Å². The van der Waals surface area contributed by atoms with Crippen LogP contribution in [0.25, 0.3) is 17.0 Å². The van der Waals surface area contributed by atoms with Gasteiger partial charge < -0.3 is 9.52 Å². The Balaban J connectivity index is 2.43. The monoisotopic (exact) mass is 233 g/mol. The Morgan fingerprint density at radius 3 is 2.82 bits per heavy atom. The standard InChI is InChI=1S/C11H7NO5/c13-11(14)4-2-9-6-7-5-8(12(15)16)1-3-10(7)17-9/h1-6H,(H,13,14). The molecule has 1 N–H and O–H groups in total. The van der Waals surface area contributed by atoms with E-state index in [9.17, 15) is 14.9 Å². The predicted octanol–water partition coefficient (Wildman–Crippen LogP) is 2.44. The molecule has 0 saturated heterocycles. The van der Waals surface area contributed by atoms with E-state index in [0.29, 0.717) is 16.7 Å². The van der Waals surface area contributed by atoms with Gasteiger partial charge in [-0.15, -0.1) is 0 Å². The molecule has 0 spiro atoms. The second-order valence-electron chi connectivity index (χ2n) is 3.30. The van der Waals surface area contributed by atoms with Crippen LogP contribution >= 0.6 is 0 Å². The van der Waals surface area contributed by atoms with Gasteiger partial charge in [0.25, 0.3) is 5.69 Å². The van der Waals surface area contributed by atoms with Crippen LogP contribution in [-0.2, 0) is 4.79 Å². The highest BCUT2D eigenvalue weighted by Crippen LogP contribution is 2.24. The van der Waals surface area contributed by atoms with E-state index >= 15 is 0 Å². The van der Waals surface area contributed by atoms with E-state index < -0.39 is 10.9 Å². The molecule has 0 unspecified atom stereocenters. The van der Waals surface area contributed by atoms with Crippen molar-refractivity contribution in [2.24, 2.45) is 0 Å². The van der Waals surface area contributed by atoms with E-state index in [-0.39, 0.29) is 5.69 Å². The number of furan rings is 1. The number of rotatable bonds is 3. The molecule has 1 heterocycles. The largest absolute Gasteiger partial charge is 0.478 e. The van der Waals surface area contributed by atoms with Gasteiger partial charge in [-0.3, -0.25) is 10.1 Å². The van der Waals surface area contributed by atoms with Crippen LogP contribution in [0.4, 0.5) is 5.69 Å². The maximum absolute atomic E-state index is 10.5. The first-order chi connectivity index (χ1) is 8.06. The SMILES string of the molecule is O=C(O)C=Cc1cc2cc([N+](=O)[O-])ccc2o1. The van der Waals surface area contributed by atoms with Crippen LogP contribution < -0.4 is 0 Å². The van der Waals surface area contributed by atoms with E-state index in [0.717, 1.165) is 6.08 Å². The van der Waals surface area contributed by atoms with Gasteiger partial charge in [0.1, 0.15) is 11.3 Å². The number of carboxylic acids is 1. The third kappa shape index (κ3) is 2.31. The lowest BCUT2D eigenvalue weighted by Gasteiger charge is -1.89. The second-order valence-corrected chi connectivity index (χ2v) is 3.30. The van der Waals surface area contributed by atoms with Crippen LogP contribution in [0, 0.1) is 10.1 Å². The molecule has 2 rings (SSSR count). The van der Waals surface area contributed by atoms with E-state index in [2.05, 4.69) is 0 Å². The molecule has 0 aliphatic carbocycles. The van der Waals surface area contributed by atoms with Gasteiger partial charge in [-0.25, -0.2) is 4.79 Å². The maximum atomic E-state index is 10.5. The molecule has 1 aromatic heterocycles. The fraction of sp³-hybridized carbons (Fsp3) is 0. The Morgan fingerprint density at radius 2 is 2.18 bits per heavy atom. The first-order valence-electron chi connectivity index (χ1n) is 4.65. The third-order valence-electron chi connectivity index (χ3n) is 2.12. The lowest BCUT2D eigenvalue weighted by molar-refractivity contribution is -0.384. The fourth-order valence-corrected chi connectivity index (χ4v) is 1.40. The van der Waals surface area contributed by atoms with Crippen LogP contribution in [0.3, 0.4) is 0 Å². The Morgan fingerprint density at radius 1 is 1.41 bits per heavy atom. The summed E-state index contributed by atoms with van der Waals surface area (Å²) in [5.41, 5.74) is 0.438. The van der Waals surface area contributed by atoms with Crippen LogP contribution in [0.5, 0.6) is 0 Å². The smallest absolute Gasteiger partial charge is 0.328 e. The number of nitrogens with zero attached hydrogens (tertiary/aromatic N) is 1. The van der Waals surface area contributed by atoms with Crippen molar-refractivity contribution in [1.29, 1.82) is 0 Å². The summed E-state index contributed by atoms with van der Waals surface area (Å²) in [6, 6.07) is 5.72. The molecule has 0 bridgehead atoms. The van der Waals surface area contributed by atoms with Crippen molar-refractivity contribution in [3.05, 3.63) is 46.2 Å². The van der Waals surface area contributed by atoms with Gasteiger partial charge in [-0.2, -0.15) is 0 Å². The first kappa shape index (κ1) is 10.9. The summed E-state index contributed by atoms with van der Waals surface area (Å²) in [6.45, 7) is 0. The highest BCUT2D eigenvalue weighted by Gasteiger charge is 2.09. The number of nitro benzene ring substituents is 1. The number of nitro groups is 1. The quantitative estimate of drug-likeness (QED) is 0.499. The second kappa shape index (κ2) is 4.09. The van der Waals surface area contributed by atoms with Crippen LogP contribution in [-0.4, -0.2) is 16.0 Å². The minimum absolute atomic E-state index is 0.0351. The minimum atomic E-state index is -1.09. The Labute approximate surface area is 94.9 Å². The van der Waals surface area contributed by atoms with Crippen LogP contribution in [0.2, 0.25) is 0 Å². The van der Waals surface area contributed by atoms with Gasteiger partial charge in [0.05, 0.1) is 4.92 Å². The molecule has 0 amide bonds. The Kier molecular flexibility index (Phi) is 2.61. The number of hydrogen-bond acceptors (Lipinski definition) is 4. The zero-order chi connectivity index (χ0) is 12.4. The van der Waals surface area contributed by atoms with Crippen molar-refractivity contribution in [3.8, 4) is 0 Å². The number of aliphatic carboxylic acids is 1. The lowest BCUT2D eigenvalue weighted by atomic mass is 10.2. The number of non-ortho nitro benzene ring substituents is 1. The maximum Gasteiger partial charge on any atom is 0.328 e. The van der Waals surface area contributed by atoms with Crippen molar-refractivity contribution < 1.29 is 19.2 Å². The zero-order valence-electron chi connectivity index (χ0n) is 8.49. The molecule has 0 aliphatic rings. The molecule has 17 heavy (non-hydrogen) atoms. The summed E-state index contributed by atoms with van der Waals surface area (Å²) < 4.78 is 5.28. The average Bonchev–Trinajstić information content (AvgIpc) is 2.67. The molecule has 86 valence electrons. The number of hydrogen-bond donors (Lipinski definition) is 1. The van der Waals surface area contributed by atoms with Gasteiger partial charge in [-0.1, -0.05) is 0 Å². The molecule has 0 atom stereocenters. The highest BCUT2D eigenvalue weighted by molar-refractivity contribution is 5.87. The zero-order valence-corrected chi connectivity index (χ0v) is 8.49. The van der Waals surface area contributed by atoms with Gasteiger partial charge in [-0.05, 0) is 18.2 Å². The van der Waals surface area contributed by atoms with Crippen molar-refractivity contribution in [2.45, 2.75) is 0 Å². The highest BCUT2D eigenvalue weighted by atomic mass is 16.6. The predicted molar refractivity (Wildman–Crippen MR) is 59.5 cm³/mol. The molecule has 1 aromatic carbocycles. The average molecular weight is 233 g/mol. The third-order valence-corrected chi connectivity index (χ3v) is 2.12. The minimum Gasteiger partial charge on any atom is -0.478 e. The molecule has 6 nitrogen and oxygen atoms in total. The summed E-state index contributed by atoms with van der Waals surface area (Å²) in [4.78, 5) is 20.4. The van der Waals surface area contributed by atoms with Crippen molar-refractivity contribution >= 4 is 28.7 Å². The van der Waals surface area contributed by atoms with Gasteiger partial charge in [0.2, 0.25) is 0 Å². The lowest BCUT2D eigenvalue weighted by Crippen LogP contribution is -1.85. The molecule has 0 aliphatic heterocycles. The van der Waals surface area contributed by atoms with Crippen molar-refractivity contribution in [1.82, 2.24) is 0 Å². The molecule has 0 saturated carbocycles. The molecule has 2 aromatic rings. The summed E-state index contributed by atoms with van der Waals surface area (Å²) in [6.07, 6.45) is 2.22. The normalized spacial score (nSPS) is 11.1. The van der Waals surface area contributed by atoms with Crippen LogP contribution in [0.15, 0.2) is 34.8 Å². The van der Waals surface area contributed by atoms with E-state index in [1.807, 2.05) is 0 Å². The summed E-state index contributed by atoms with van der Waals surface area (Å²) in [5, 5.41) is 19.6. The Hall–Kier alpha value is -2.63. The summed E-state index contributed by atoms with van der Waals surface area (Å²) >= 11 is 0. The van der Waals surface area contributed by atoms with Gasteiger partial charge in [0.15, 0.2) is 0 Å². The fourth-order valence-electron chi connectivity index (χ4n) is 1.40. The van der Waals surface area contributed by atoms with Crippen molar-refractivity contribution in [3.63, 3.8) is 0 Å². The van der Waals surface area contributed by atoms with E-state index in [1.165, 1.54) is 24.3 Å². The molecular weight excluding hydrogens is 226 g/mol. The summed E-state index contributed by atoms with van der Waals surface area (Å²) in [5.74, 6) is -0.751. The van der Waals surface area contributed by atoms with Crippen LogP contribution in [0.1, 0.15) is 5.76 Å². The summed E-state index contributed by atoms with van der Waals surface area (Å²) in [7, 11) is 0. The van der Waals surface area contributed by atoms with E-state index in [1.54, 1.807) is 6.07 Å². The van der Waals surface area contributed by atoms with Gasteiger partial charge in [0, 0.05) is 23.6 Å². The molecule has 6 heteroatoms. The molecular formula is C11H7NO5. The molecule has 0 fully saturated rings. The first-order valence-corrected chi connectivity index (χ1v) is 4.65. The number of benzene rings is 1. The van der Waals surface area contributed by atoms with Crippen molar-refractivity contribution in [2.75, 3.05) is 0 Å². The Bertz CT molecular complexity index is 626. The topological polar surface area (TPSA) is 93.6 Å².